The summed E-state index contributed by atoms with van der Waals surface area (Å²) in [5.74, 6) is -0.722. The van der Waals surface area contributed by atoms with Crippen molar-refractivity contribution in [2.24, 2.45) is 5.92 Å². The van der Waals surface area contributed by atoms with Crippen molar-refractivity contribution in [2.75, 3.05) is 7.11 Å². The molecular formula is C24H23N2NaO4S. The van der Waals surface area contributed by atoms with Gasteiger partial charge < -0.3 is 14.6 Å². The first-order valence-electron chi connectivity index (χ1n) is 10.4. The molecule has 0 bridgehead atoms. The quantitative estimate of drug-likeness (QED) is 0.299. The van der Waals surface area contributed by atoms with E-state index in [-0.39, 0.29) is 46.8 Å². The number of ketones is 1. The molecule has 0 atom stereocenters. The smallest absolute Gasteiger partial charge is 0.545 e. The van der Waals surface area contributed by atoms with Gasteiger partial charge in [-0.2, -0.15) is 8.75 Å². The van der Waals surface area contributed by atoms with Crippen LogP contribution in [0.1, 0.15) is 54.4 Å². The molecule has 0 amide bonds. The Balaban J connectivity index is 0.00000289. The molecule has 1 fully saturated rings. The van der Waals surface area contributed by atoms with E-state index in [1.54, 1.807) is 49.6 Å². The van der Waals surface area contributed by atoms with Gasteiger partial charge in [0.1, 0.15) is 16.8 Å². The SMILES string of the molecule is COc1ccc(C(=O)/C(CC2CCCCC2)=C(/C(=O)[O-])c2ccc3nsnc3c2)cc1.[Na+]. The van der Waals surface area contributed by atoms with Crippen molar-refractivity contribution in [3.63, 3.8) is 0 Å². The second kappa shape index (κ2) is 11.2. The molecule has 0 N–H and O–H groups in total. The van der Waals surface area contributed by atoms with Crippen molar-refractivity contribution in [1.29, 1.82) is 0 Å². The number of carboxylic acids is 1. The first kappa shape index (κ1) is 24.6. The number of aromatic nitrogens is 2. The van der Waals surface area contributed by atoms with Crippen LogP contribution < -0.4 is 39.4 Å². The number of nitrogens with zero attached hydrogens (tertiary/aromatic N) is 2. The number of ether oxygens (including phenoxy) is 1. The van der Waals surface area contributed by atoms with Crippen molar-refractivity contribution >= 4 is 40.1 Å². The predicted molar refractivity (Wildman–Crippen MR) is 118 cm³/mol. The number of carbonyl (C=O) groups excluding carboxylic acids is 2. The van der Waals surface area contributed by atoms with Crippen LogP contribution in [0.3, 0.4) is 0 Å². The van der Waals surface area contributed by atoms with E-state index in [0.717, 1.165) is 37.4 Å². The molecule has 6 nitrogen and oxygen atoms in total. The van der Waals surface area contributed by atoms with Gasteiger partial charge in [0.2, 0.25) is 0 Å². The van der Waals surface area contributed by atoms with E-state index < -0.39 is 5.97 Å². The van der Waals surface area contributed by atoms with E-state index >= 15 is 0 Å². The van der Waals surface area contributed by atoms with Gasteiger partial charge in [0.25, 0.3) is 0 Å². The second-order valence-electron chi connectivity index (χ2n) is 7.87. The monoisotopic (exact) mass is 458 g/mol. The summed E-state index contributed by atoms with van der Waals surface area (Å²) in [7, 11) is 1.56. The third kappa shape index (κ3) is 5.46. The van der Waals surface area contributed by atoms with Gasteiger partial charge in [-0.1, -0.05) is 38.2 Å². The number of hydrogen-bond acceptors (Lipinski definition) is 7. The number of carboxylic acid groups (broad SMARTS) is 1. The van der Waals surface area contributed by atoms with Gasteiger partial charge in [0.15, 0.2) is 5.78 Å². The third-order valence-electron chi connectivity index (χ3n) is 5.89. The van der Waals surface area contributed by atoms with Gasteiger partial charge in [-0.05, 0) is 54.3 Å². The predicted octanol–water partition coefficient (Wildman–Crippen LogP) is 1.06. The van der Waals surface area contributed by atoms with E-state index in [9.17, 15) is 14.7 Å². The van der Waals surface area contributed by atoms with Crippen molar-refractivity contribution < 1.29 is 49.0 Å². The summed E-state index contributed by atoms with van der Waals surface area (Å²) in [6, 6.07) is 11.8. The van der Waals surface area contributed by atoms with E-state index in [1.165, 1.54) is 6.42 Å². The fourth-order valence-corrected chi connectivity index (χ4v) is 4.78. The molecule has 0 aliphatic heterocycles. The average molecular weight is 459 g/mol. The van der Waals surface area contributed by atoms with Crippen LogP contribution >= 0.6 is 11.7 Å². The molecule has 1 aliphatic carbocycles. The van der Waals surface area contributed by atoms with Gasteiger partial charge in [-0.3, -0.25) is 4.79 Å². The van der Waals surface area contributed by atoms with Crippen LogP contribution in [-0.4, -0.2) is 27.6 Å². The van der Waals surface area contributed by atoms with E-state index in [0.29, 0.717) is 39.9 Å². The molecule has 0 radical (unpaired) electrons. The minimum absolute atomic E-state index is 0. The molecule has 1 saturated carbocycles. The summed E-state index contributed by atoms with van der Waals surface area (Å²) in [5, 5.41) is 12.3. The average Bonchev–Trinajstić information content (AvgIpc) is 3.27. The molecule has 0 unspecified atom stereocenters. The molecule has 32 heavy (non-hydrogen) atoms. The minimum Gasteiger partial charge on any atom is -0.545 e. The van der Waals surface area contributed by atoms with Gasteiger partial charge in [0.05, 0.1) is 24.8 Å². The number of hydrogen-bond donors (Lipinski definition) is 0. The fourth-order valence-electron chi connectivity index (χ4n) is 4.26. The molecule has 4 rings (SSSR count). The molecule has 0 spiro atoms. The summed E-state index contributed by atoms with van der Waals surface area (Å²) < 4.78 is 13.6. The third-order valence-corrected chi connectivity index (χ3v) is 6.45. The van der Waals surface area contributed by atoms with Crippen LogP contribution in [0.5, 0.6) is 5.75 Å². The molecule has 1 aromatic heterocycles. The first-order valence-corrected chi connectivity index (χ1v) is 11.2. The zero-order valence-electron chi connectivity index (χ0n) is 18.3. The van der Waals surface area contributed by atoms with Crippen molar-refractivity contribution in [3.05, 3.63) is 59.2 Å². The Morgan fingerprint density at radius 3 is 2.31 bits per heavy atom. The van der Waals surface area contributed by atoms with Crippen LogP contribution in [0.2, 0.25) is 0 Å². The van der Waals surface area contributed by atoms with Gasteiger partial charge in [-0.25, -0.2) is 0 Å². The Morgan fingerprint density at radius 2 is 1.66 bits per heavy atom. The van der Waals surface area contributed by atoms with E-state index in [4.69, 9.17) is 4.74 Å². The maximum absolute atomic E-state index is 13.5. The van der Waals surface area contributed by atoms with Gasteiger partial charge >= 0.3 is 29.6 Å². The van der Waals surface area contributed by atoms with Gasteiger partial charge in [-0.15, -0.1) is 0 Å². The second-order valence-corrected chi connectivity index (χ2v) is 8.40. The van der Waals surface area contributed by atoms with Crippen molar-refractivity contribution in [2.45, 2.75) is 38.5 Å². The zero-order valence-corrected chi connectivity index (χ0v) is 21.1. The number of carbonyl (C=O) groups is 2. The Labute approximate surface area is 213 Å². The number of rotatable bonds is 7. The molecule has 3 aromatic rings. The maximum Gasteiger partial charge on any atom is 1.00 e. The molecule has 8 heteroatoms. The topological polar surface area (TPSA) is 92.2 Å². The Kier molecular flexibility index (Phi) is 8.59. The van der Waals surface area contributed by atoms with Crippen molar-refractivity contribution in [1.82, 2.24) is 8.75 Å². The first-order chi connectivity index (χ1) is 15.1. The van der Waals surface area contributed by atoms with Crippen LogP contribution in [0.15, 0.2) is 48.0 Å². The molecule has 0 saturated heterocycles. The Hall–Kier alpha value is -2.06. The molecule has 1 heterocycles. The number of fused-ring (bicyclic) bond motifs is 1. The number of allylic oxidation sites excluding steroid dienone is 1. The summed E-state index contributed by atoms with van der Waals surface area (Å²) >= 11 is 1.07. The normalized spacial score (nSPS) is 15.0. The van der Waals surface area contributed by atoms with Crippen LogP contribution in [0, 0.1) is 5.92 Å². The largest absolute Gasteiger partial charge is 1.00 e. The Bertz CT molecular complexity index is 1130. The number of aliphatic carboxylic acids is 1. The fraction of sp³-hybridized carbons (Fsp3) is 0.333. The number of methoxy groups -OCH3 is 1. The molecule has 2 aromatic carbocycles. The maximum atomic E-state index is 13.5. The van der Waals surface area contributed by atoms with E-state index in [1.807, 2.05) is 0 Å². The standard InChI is InChI=1S/C24H24N2O4S.Na/c1-30-18-10-7-16(8-11-18)23(27)19(13-15-5-3-2-4-6-15)22(24(28)29)17-9-12-20-21(14-17)26-31-25-20;/h7-12,14-15H,2-6,13H2,1H3,(H,28,29);/q;+1/p-1/b22-19+;. The number of Topliss-reactive ketones (excluding diaryl/α,β-unsaturated/α-hetero) is 1. The molecule has 1 aliphatic rings. The van der Waals surface area contributed by atoms with Gasteiger partial charge in [0, 0.05) is 16.7 Å². The van der Waals surface area contributed by atoms with Crippen LogP contribution in [0.25, 0.3) is 16.6 Å². The summed E-state index contributed by atoms with van der Waals surface area (Å²) in [6.45, 7) is 0. The number of benzene rings is 2. The summed E-state index contributed by atoms with van der Waals surface area (Å²) in [5.41, 5.74) is 2.40. The van der Waals surface area contributed by atoms with Crippen molar-refractivity contribution in [3.8, 4) is 5.75 Å². The summed E-state index contributed by atoms with van der Waals surface area (Å²) in [6.07, 6.45) is 5.80. The Morgan fingerprint density at radius 1 is 1.00 bits per heavy atom. The van der Waals surface area contributed by atoms with Crippen LogP contribution in [0.4, 0.5) is 0 Å². The minimum atomic E-state index is -1.35. The zero-order chi connectivity index (χ0) is 21.8. The molecular weight excluding hydrogens is 435 g/mol. The van der Waals surface area contributed by atoms with E-state index in [2.05, 4.69) is 8.75 Å². The van der Waals surface area contributed by atoms with Crippen LogP contribution in [-0.2, 0) is 4.79 Å². The molecule has 160 valence electrons. The summed E-state index contributed by atoms with van der Waals surface area (Å²) in [4.78, 5) is 25.9.